The van der Waals surface area contributed by atoms with E-state index in [4.69, 9.17) is 0 Å². The smallest absolute Gasteiger partial charge is 0.220 e. The molecule has 0 radical (unpaired) electrons. The normalized spacial score (nSPS) is 23.1. The first kappa shape index (κ1) is 16.5. The van der Waals surface area contributed by atoms with Crippen LogP contribution in [-0.4, -0.2) is 25.0 Å². The standard InChI is InChI=1S/C16H32N2O/c1-5-14(6-2)13(4)18-16(19)10-12(3)15-8-7-9-17-11-15/h12-15,17H,5-11H2,1-4H3,(H,18,19). The summed E-state index contributed by atoms with van der Waals surface area (Å²) in [6.07, 6.45) is 5.47. The Morgan fingerprint density at radius 2 is 2.00 bits per heavy atom. The molecule has 0 aromatic carbocycles. The van der Waals surface area contributed by atoms with Crippen molar-refractivity contribution in [3.05, 3.63) is 0 Å². The first-order chi connectivity index (χ1) is 9.08. The second kappa shape index (κ2) is 8.57. The Bertz CT molecular complexity index is 257. The molecule has 1 amide bonds. The lowest BCUT2D eigenvalue weighted by Crippen LogP contribution is -2.40. The van der Waals surface area contributed by atoms with Gasteiger partial charge < -0.3 is 10.6 Å². The van der Waals surface area contributed by atoms with Gasteiger partial charge in [-0.15, -0.1) is 0 Å². The first-order valence-electron chi connectivity index (χ1n) is 8.08. The molecule has 1 saturated heterocycles. The molecule has 1 heterocycles. The summed E-state index contributed by atoms with van der Waals surface area (Å²) in [5.74, 6) is 2.00. The Kier molecular flexibility index (Phi) is 7.44. The van der Waals surface area contributed by atoms with Crippen LogP contribution in [0, 0.1) is 17.8 Å². The lowest BCUT2D eigenvalue weighted by Gasteiger charge is -2.29. The number of piperidine rings is 1. The van der Waals surface area contributed by atoms with Crippen LogP contribution in [0.4, 0.5) is 0 Å². The maximum atomic E-state index is 12.1. The van der Waals surface area contributed by atoms with Gasteiger partial charge in [-0.05, 0) is 50.6 Å². The summed E-state index contributed by atoms with van der Waals surface area (Å²) in [6, 6.07) is 0.305. The minimum Gasteiger partial charge on any atom is -0.353 e. The summed E-state index contributed by atoms with van der Waals surface area (Å²) >= 11 is 0. The molecule has 3 unspecified atom stereocenters. The van der Waals surface area contributed by atoms with Gasteiger partial charge in [-0.25, -0.2) is 0 Å². The predicted molar refractivity (Wildman–Crippen MR) is 81.1 cm³/mol. The Hall–Kier alpha value is -0.570. The third kappa shape index (κ3) is 5.52. The molecular weight excluding hydrogens is 236 g/mol. The number of rotatable bonds is 7. The van der Waals surface area contributed by atoms with Crippen LogP contribution in [0.15, 0.2) is 0 Å². The predicted octanol–water partition coefficient (Wildman–Crippen LogP) is 2.95. The fourth-order valence-corrected chi connectivity index (χ4v) is 3.25. The van der Waals surface area contributed by atoms with Crippen LogP contribution >= 0.6 is 0 Å². The van der Waals surface area contributed by atoms with Crippen molar-refractivity contribution < 1.29 is 4.79 Å². The Morgan fingerprint density at radius 3 is 2.53 bits per heavy atom. The van der Waals surface area contributed by atoms with E-state index in [9.17, 15) is 4.79 Å². The molecule has 0 bridgehead atoms. The van der Waals surface area contributed by atoms with Crippen LogP contribution in [-0.2, 0) is 4.79 Å². The lowest BCUT2D eigenvalue weighted by molar-refractivity contribution is -0.123. The van der Waals surface area contributed by atoms with E-state index in [0.29, 0.717) is 30.2 Å². The zero-order valence-electron chi connectivity index (χ0n) is 13.2. The summed E-state index contributed by atoms with van der Waals surface area (Å²) in [5, 5.41) is 6.63. The molecule has 0 saturated carbocycles. The molecule has 3 nitrogen and oxygen atoms in total. The van der Waals surface area contributed by atoms with Crippen LogP contribution in [0.3, 0.4) is 0 Å². The minimum absolute atomic E-state index is 0.234. The average molecular weight is 268 g/mol. The van der Waals surface area contributed by atoms with E-state index in [-0.39, 0.29) is 5.91 Å². The maximum absolute atomic E-state index is 12.1. The number of carbonyl (C=O) groups excluding carboxylic acids is 1. The number of nitrogens with one attached hydrogen (secondary N) is 2. The van der Waals surface area contributed by atoms with E-state index in [2.05, 4.69) is 38.3 Å². The zero-order chi connectivity index (χ0) is 14.3. The molecule has 112 valence electrons. The summed E-state index contributed by atoms with van der Waals surface area (Å²) in [4.78, 5) is 12.1. The molecule has 1 fully saturated rings. The van der Waals surface area contributed by atoms with E-state index in [1.165, 1.54) is 12.8 Å². The summed E-state index contributed by atoms with van der Waals surface area (Å²) in [7, 11) is 0. The molecule has 19 heavy (non-hydrogen) atoms. The molecule has 2 N–H and O–H groups in total. The van der Waals surface area contributed by atoms with Crippen molar-refractivity contribution in [3.63, 3.8) is 0 Å². The second-order valence-electron chi connectivity index (χ2n) is 6.22. The van der Waals surface area contributed by atoms with Gasteiger partial charge in [-0.1, -0.05) is 33.6 Å². The summed E-state index contributed by atoms with van der Waals surface area (Å²) in [6.45, 7) is 11.0. The zero-order valence-corrected chi connectivity index (χ0v) is 13.2. The lowest BCUT2D eigenvalue weighted by atomic mass is 9.85. The highest BCUT2D eigenvalue weighted by molar-refractivity contribution is 5.76. The Balaban J connectivity index is 2.33. The van der Waals surface area contributed by atoms with Crippen molar-refractivity contribution in [2.24, 2.45) is 17.8 Å². The molecule has 0 aromatic rings. The van der Waals surface area contributed by atoms with Crippen LogP contribution in [0.25, 0.3) is 0 Å². The SMILES string of the molecule is CCC(CC)C(C)NC(=O)CC(C)C1CCCNC1. The largest absolute Gasteiger partial charge is 0.353 e. The first-order valence-corrected chi connectivity index (χ1v) is 8.08. The molecule has 0 spiro atoms. The molecule has 1 aliphatic heterocycles. The molecule has 0 aromatic heterocycles. The van der Waals surface area contributed by atoms with Gasteiger partial charge in [0.15, 0.2) is 0 Å². The van der Waals surface area contributed by atoms with Crippen molar-refractivity contribution in [2.75, 3.05) is 13.1 Å². The second-order valence-corrected chi connectivity index (χ2v) is 6.22. The maximum Gasteiger partial charge on any atom is 0.220 e. The fourth-order valence-electron chi connectivity index (χ4n) is 3.25. The molecule has 1 rings (SSSR count). The highest BCUT2D eigenvalue weighted by Gasteiger charge is 2.23. The van der Waals surface area contributed by atoms with E-state index < -0.39 is 0 Å². The summed E-state index contributed by atoms with van der Waals surface area (Å²) < 4.78 is 0. The van der Waals surface area contributed by atoms with Gasteiger partial charge >= 0.3 is 0 Å². The molecular formula is C16H32N2O. The van der Waals surface area contributed by atoms with Crippen LogP contribution in [0.2, 0.25) is 0 Å². The fraction of sp³-hybridized carbons (Fsp3) is 0.938. The molecule has 1 aliphatic rings. The van der Waals surface area contributed by atoms with Crippen molar-refractivity contribution in [3.8, 4) is 0 Å². The van der Waals surface area contributed by atoms with Gasteiger partial charge in [0.1, 0.15) is 0 Å². The van der Waals surface area contributed by atoms with E-state index in [0.717, 1.165) is 25.9 Å². The minimum atomic E-state index is 0.234. The van der Waals surface area contributed by atoms with Crippen LogP contribution in [0.5, 0.6) is 0 Å². The monoisotopic (exact) mass is 268 g/mol. The highest BCUT2D eigenvalue weighted by atomic mass is 16.1. The van der Waals surface area contributed by atoms with Gasteiger partial charge in [0, 0.05) is 12.5 Å². The highest BCUT2D eigenvalue weighted by Crippen LogP contribution is 2.22. The average Bonchev–Trinajstić information content (AvgIpc) is 2.40. The Morgan fingerprint density at radius 1 is 1.32 bits per heavy atom. The van der Waals surface area contributed by atoms with Crippen LogP contribution < -0.4 is 10.6 Å². The third-order valence-corrected chi connectivity index (χ3v) is 4.79. The van der Waals surface area contributed by atoms with E-state index in [1.54, 1.807) is 0 Å². The van der Waals surface area contributed by atoms with Gasteiger partial charge in [0.05, 0.1) is 0 Å². The van der Waals surface area contributed by atoms with Gasteiger partial charge in [0.25, 0.3) is 0 Å². The van der Waals surface area contributed by atoms with Crippen molar-refractivity contribution in [2.45, 2.75) is 65.8 Å². The van der Waals surface area contributed by atoms with Crippen molar-refractivity contribution in [1.82, 2.24) is 10.6 Å². The van der Waals surface area contributed by atoms with E-state index >= 15 is 0 Å². The van der Waals surface area contributed by atoms with Crippen LogP contribution in [0.1, 0.15) is 59.8 Å². The number of carbonyl (C=O) groups is 1. The summed E-state index contributed by atoms with van der Waals surface area (Å²) in [5.41, 5.74) is 0. The third-order valence-electron chi connectivity index (χ3n) is 4.79. The molecule has 3 heteroatoms. The number of hydrogen-bond donors (Lipinski definition) is 2. The number of amides is 1. The van der Waals surface area contributed by atoms with E-state index in [1.807, 2.05) is 0 Å². The quantitative estimate of drug-likeness (QED) is 0.745. The van der Waals surface area contributed by atoms with Gasteiger partial charge in [-0.2, -0.15) is 0 Å². The molecule has 3 atom stereocenters. The topological polar surface area (TPSA) is 41.1 Å². The molecule has 0 aliphatic carbocycles. The number of hydrogen-bond acceptors (Lipinski definition) is 2. The van der Waals surface area contributed by atoms with Crippen molar-refractivity contribution >= 4 is 5.91 Å². The van der Waals surface area contributed by atoms with Gasteiger partial charge in [-0.3, -0.25) is 4.79 Å². The van der Waals surface area contributed by atoms with Crippen molar-refractivity contribution in [1.29, 1.82) is 0 Å². The Labute approximate surface area is 118 Å². The van der Waals surface area contributed by atoms with Gasteiger partial charge in [0.2, 0.25) is 5.91 Å².